The zero-order valence-corrected chi connectivity index (χ0v) is 9.65. The van der Waals surface area contributed by atoms with Crippen molar-refractivity contribution in [2.24, 2.45) is 0 Å². The molecule has 5 heteroatoms. The van der Waals surface area contributed by atoms with Gasteiger partial charge in [-0.1, -0.05) is 0 Å². The molecule has 1 rings (SSSR count). The van der Waals surface area contributed by atoms with Crippen molar-refractivity contribution in [2.75, 3.05) is 6.54 Å². The second-order valence-electron chi connectivity index (χ2n) is 3.26. The summed E-state index contributed by atoms with van der Waals surface area (Å²) in [6, 6.07) is -0.654. The third-order valence-electron chi connectivity index (χ3n) is 2.29. The van der Waals surface area contributed by atoms with Crippen LogP contribution in [0.15, 0.2) is 12.2 Å². The van der Waals surface area contributed by atoms with Gasteiger partial charge in [-0.25, -0.2) is 0 Å². The summed E-state index contributed by atoms with van der Waals surface area (Å²) in [7, 11) is 0. The Kier molecular flexibility index (Phi) is 3.72. The zero-order valence-electron chi connectivity index (χ0n) is 7.77. The molecule has 0 aromatic carbocycles. The maximum atomic E-state index is 11.6. The van der Waals surface area contributed by atoms with Crippen LogP contribution in [0.3, 0.4) is 0 Å². The zero-order chi connectivity index (χ0) is 10.7. The fourth-order valence-electron chi connectivity index (χ4n) is 1.54. The molecule has 1 N–H and O–H groups in total. The monoisotopic (exact) mass is 263 g/mol. The van der Waals surface area contributed by atoms with E-state index in [4.69, 9.17) is 5.11 Å². The van der Waals surface area contributed by atoms with E-state index in [0.29, 0.717) is 23.9 Å². The number of carboxylic acids is 1. The Morgan fingerprint density at radius 2 is 2.21 bits per heavy atom. The quantitative estimate of drug-likeness (QED) is 0.572. The predicted octanol–water partition coefficient (Wildman–Crippen LogP) is -0.0627. The third-order valence-corrected chi connectivity index (χ3v) is 3.09. The van der Waals surface area contributed by atoms with Gasteiger partial charge in [0, 0.05) is 0 Å². The van der Waals surface area contributed by atoms with Gasteiger partial charge in [-0.2, -0.15) is 0 Å². The molecule has 78 valence electrons. The molecule has 1 amide bonds. The van der Waals surface area contributed by atoms with Gasteiger partial charge >= 0.3 is 90.4 Å². The predicted molar refractivity (Wildman–Crippen MR) is 53.5 cm³/mol. The van der Waals surface area contributed by atoms with Crippen molar-refractivity contribution in [1.82, 2.24) is 4.90 Å². The van der Waals surface area contributed by atoms with Gasteiger partial charge in [-0.15, -0.1) is 0 Å². The summed E-state index contributed by atoms with van der Waals surface area (Å²) in [5.41, 5.74) is 0.457. The number of nitrogens with zero attached hydrogens (tertiary/aromatic N) is 1. The molecule has 1 fully saturated rings. The number of hydrogen-bond acceptors (Lipinski definition) is 2. The van der Waals surface area contributed by atoms with Crippen LogP contribution in [-0.2, 0) is 9.59 Å². The molecule has 0 radical (unpaired) electrons. The van der Waals surface area contributed by atoms with Crippen LogP contribution in [0.25, 0.3) is 0 Å². The molecular weight excluding hydrogens is 249 g/mol. The van der Waals surface area contributed by atoms with Crippen LogP contribution in [0.2, 0.25) is 5.32 Å². The minimum atomic E-state index is -0.922. The van der Waals surface area contributed by atoms with Crippen LogP contribution in [0.4, 0.5) is 0 Å². The van der Waals surface area contributed by atoms with Gasteiger partial charge in [0.1, 0.15) is 0 Å². The van der Waals surface area contributed by atoms with Gasteiger partial charge in [-0.3, -0.25) is 0 Å². The van der Waals surface area contributed by atoms with Gasteiger partial charge in [0.2, 0.25) is 0 Å². The first-order valence-corrected chi connectivity index (χ1v) is 5.73. The summed E-state index contributed by atoms with van der Waals surface area (Å²) in [6.45, 7) is 4.14. The number of hydrogen-bond donors (Lipinski definition) is 1. The van der Waals surface area contributed by atoms with Gasteiger partial charge in [0.25, 0.3) is 0 Å². The van der Waals surface area contributed by atoms with Crippen molar-refractivity contribution in [1.29, 1.82) is 0 Å². The van der Waals surface area contributed by atoms with Gasteiger partial charge in [0.05, 0.1) is 0 Å². The molecule has 14 heavy (non-hydrogen) atoms. The Morgan fingerprint density at radius 1 is 1.57 bits per heavy atom. The summed E-state index contributed by atoms with van der Waals surface area (Å²) < 4.78 is 0. The Morgan fingerprint density at radius 3 is 2.71 bits per heavy atom. The molecule has 0 bridgehead atoms. The van der Waals surface area contributed by atoms with Crippen molar-refractivity contribution in [3.8, 4) is 0 Å². The van der Waals surface area contributed by atoms with Gasteiger partial charge in [-0.05, 0) is 0 Å². The topological polar surface area (TPSA) is 57.6 Å². The SMILES string of the molecule is C=C(C[SeH])C(=O)N1CCCC1C(=O)O. The standard InChI is InChI=1S/C9H13NO3Se/c1-6(5-14)8(11)10-4-2-3-7(10)9(12)13/h7,14H,1-5H2,(H,12,13). The molecule has 1 heterocycles. The summed E-state index contributed by atoms with van der Waals surface area (Å²) in [4.78, 5) is 23.8. The Balaban J connectivity index is 2.72. The second kappa shape index (κ2) is 4.62. The van der Waals surface area contributed by atoms with E-state index in [9.17, 15) is 9.59 Å². The van der Waals surface area contributed by atoms with E-state index in [1.807, 2.05) is 0 Å². The minimum absolute atomic E-state index is 0.226. The Hall–Kier alpha value is -0.801. The number of amides is 1. The summed E-state index contributed by atoms with van der Waals surface area (Å²) in [5.74, 6) is -1.15. The molecule has 4 nitrogen and oxygen atoms in total. The number of likely N-dealkylation sites (tertiary alicyclic amines) is 1. The van der Waals surface area contributed by atoms with Crippen LogP contribution >= 0.6 is 0 Å². The van der Waals surface area contributed by atoms with Crippen molar-refractivity contribution in [2.45, 2.75) is 24.2 Å². The van der Waals surface area contributed by atoms with Crippen molar-refractivity contribution in [3.63, 3.8) is 0 Å². The molecule has 1 atom stereocenters. The van der Waals surface area contributed by atoms with Gasteiger partial charge < -0.3 is 0 Å². The number of carbonyl (C=O) groups is 2. The van der Waals surface area contributed by atoms with E-state index in [-0.39, 0.29) is 5.91 Å². The summed E-state index contributed by atoms with van der Waals surface area (Å²) in [5, 5.41) is 9.37. The molecule has 0 aromatic heterocycles. The van der Waals surface area contributed by atoms with Crippen LogP contribution in [-0.4, -0.2) is 50.5 Å². The first kappa shape index (κ1) is 11.3. The molecule has 1 unspecified atom stereocenters. The average molecular weight is 262 g/mol. The number of carbonyl (C=O) groups excluding carboxylic acids is 1. The fourth-order valence-corrected chi connectivity index (χ4v) is 1.82. The maximum absolute atomic E-state index is 11.6. The van der Waals surface area contributed by atoms with E-state index >= 15 is 0 Å². The first-order chi connectivity index (χ1) is 6.57. The van der Waals surface area contributed by atoms with Gasteiger partial charge in [0.15, 0.2) is 0 Å². The Labute approximate surface area is 90.8 Å². The number of aliphatic carboxylic acids is 1. The molecule has 1 aliphatic heterocycles. The fraction of sp³-hybridized carbons (Fsp3) is 0.556. The van der Waals surface area contributed by atoms with Crippen LogP contribution in [0.5, 0.6) is 0 Å². The molecule has 1 saturated heterocycles. The second-order valence-corrected chi connectivity index (χ2v) is 3.92. The van der Waals surface area contributed by atoms with E-state index < -0.39 is 12.0 Å². The van der Waals surface area contributed by atoms with E-state index in [1.54, 1.807) is 0 Å². The third kappa shape index (κ3) is 2.16. The molecule has 0 aliphatic carbocycles. The van der Waals surface area contributed by atoms with E-state index in [2.05, 4.69) is 22.6 Å². The van der Waals surface area contributed by atoms with Crippen LogP contribution in [0, 0.1) is 0 Å². The normalized spacial score (nSPS) is 20.9. The number of carboxylic acid groups (broad SMARTS) is 1. The molecule has 0 aromatic rings. The average Bonchev–Trinajstić information content (AvgIpc) is 2.63. The summed E-state index contributed by atoms with van der Waals surface area (Å²) >= 11 is 2.27. The van der Waals surface area contributed by atoms with E-state index in [1.165, 1.54) is 4.90 Å². The van der Waals surface area contributed by atoms with E-state index in [0.717, 1.165) is 6.42 Å². The van der Waals surface area contributed by atoms with Crippen molar-refractivity contribution in [3.05, 3.63) is 12.2 Å². The van der Waals surface area contributed by atoms with Crippen LogP contribution < -0.4 is 0 Å². The van der Waals surface area contributed by atoms with Crippen LogP contribution in [0.1, 0.15) is 12.8 Å². The van der Waals surface area contributed by atoms with Crippen molar-refractivity contribution < 1.29 is 14.7 Å². The molecule has 1 aliphatic rings. The molecule has 0 saturated carbocycles. The molecular formula is C9H13NO3Se. The first-order valence-electron chi connectivity index (χ1n) is 4.40. The summed E-state index contributed by atoms with van der Waals surface area (Å²) in [6.07, 6.45) is 1.31. The van der Waals surface area contributed by atoms with Crippen molar-refractivity contribution >= 4 is 27.9 Å². The number of rotatable bonds is 3. The Bertz CT molecular complexity index is 277. The molecule has 0 spiro atoms.